The molecule has 3 rings (SSSR count). The Balaban J connectivity index is 1.88. The van der Waals surface area contributed by atoms with Gasteiger partial charge in [-0.2, -0.15) is 0 Å². The van der Waals surface area contributed by atoms with Crippen LogP contribution in [0.1, 0.15) is 31.4 Å². The van der Waals surface area contributed by atoms with E-state index in [9.17, 15) is 0 Å². The monoisotopic (exact) mass is 387 g/mol. The third kappa shape index (κ3) is 4.50. The third-order valence-corrected chi connectivity index (χ3v) is 5.22. The van der Waals surface area contributed by atoms with Crippen LogP contribution in [0.3, 0.4) is 0 Å². The van der Waals surface area contributed by atoms with Crippen LogP contribution in [0.25, 0.3) is 10.8 Å². The smallest absolute Gasteiger partial charge is 0.124 e. The largest absolute Gasteiger partial charge is 0.488 e. The zero-order chi connectivity index (χ0) is 18.5. The van der Waals surface area contributed by atoms with Crippen molar-refractivity contribution < 1.29 is 4.74 Å². The minimum atomic E-state index is 0.407. The van der Waals surface area contributed by atoms with Gasteiger partial charge in [0.25, 0.3) is 0 Å². The highest BCUT2D eigenvalue weighted by Crippen LogP contribution is 2.30. The Morgan fingerprint density at radius 3 is 2.62 bits per heavy atom. The van der Waals surface area contributed by atoms with Gasteiger partial charge >= 0.3 is 0 Å². The lowest BCUT2D eigenvalue weighted by atomic mass is 10.0. The van der Waals surface area contributed by atoms with Crippen molar-refractivity contribution in [2.75, 3.05) is 0 Å². The summed E-state index contributed by atoms with van der Waals surface area (Å²) in [6, 6.07) is 18.5. The number of halogens is 2. The molecular weight excluding hydrogens is 365 g/mol. The van der Waals surface area contributed by atoms with E-state index in [1.165, 1.54) is 16.3 Å². The molecule has 0 aliphatic carbocycles. The van der Waals surface area contributed by atoms with Gasteiger partial charge in [0.2, 0.25) is 0 Å². The van der Waals surface area contributed by atoms with Gasteiger partial charge in [0, 0.05) is 33.8 Å². The molecular formula is C22H23Cl2NO. The van der Waals surface area contributed by atoms with Gasteiger partial charge in [-0.1, -0.05) is 66.5 Å². The summed E-state index contributed by atoms with van der Waals surface area (Å²) in [5, 5.41) is 7.25. The van der Waals surface area contributed by atoms with Crippen molar-refractivity contribution >= 4 is 34.0 Å². The van der Waals surface area contributed by atoms with Crippen LogP contribution in [-0.4, -0.2) is 6.04 Å². The quantitative estimate of drug-likeness (QED) is 0.491. The highest BCUT2D eigenvalue weighted by atomic mass is 35.5. The predicted octanol–water partition coefficient (Wildman–Crippen LogP) is 6.61. The van der Waals surface area contributed by atoms with E-state index in [1.54, 1.807) is 6.07 Å². The van der Waals surface area contributed by atoms with Crippen LogP contribution < -0.4 is 10.1 Å². The second-order valence-electron chi connectivity index (χ2n) is 6.48. The number of ether oxygens (including phenoxy) is 1. The predicted molar refractivity (Wildman–Crippen MR) is 111 cm³/mol. The summed E-state index contributed by atoms with van der Waals surface area (Å²) in [4.78, 5) is 0. The molecule has 2 nitrogen and oxygen atoms in total. The number of fused-ring (bicyclic) bond motifs is 1. The van der Waals surface area contributed by atoms with Gasteiger partial charge in [-0.3, -0.25) is 0 Å². The molecule has 0 heterocycles. The van der Waals surface area contributed by atoms with Crippen LogP contribution in [0.5, 0.6) is 5.75 Å². The SMILES string of the molecule is CC[C@@H](C)NCc1c(OCc2ccc(Cl)cc2Cl)ccc2ccccc12. The summed E-state index contributed by atoms with van der Waals surface area (Å²) in [6.07, 6.45) is 1.08. The maximum Gasteiger partial charge on any atom is 0.124 e. The lowest BCUT2D eigenvalue weighted by Crippen LogP contribution is -2.24. The molecule has 4 heteroatoms. The fraction of sp³-hybridized carbons (Fsp3) is 0.273. The number of hydrogen-bond acceptors (Lipinski definition) is 2. The van der Waals surface area contributed by atoms with Gasteiger partial charge in [-0.15, -0.1) is 0 Å². The molecule has 0 aliphatic heterocycles. The lowest BCUT2D eigenvalue weighted by molar-refractivity contribution is 0.302. The number of hydrogen-bond donors (Lipinski definition) is 1. The van der Waals surface area contributed by atoms with Crippen LogP contribution in [0.15, 0.2) is 54.6 Å². The van der Waals surface area contributed by atoms with Crippen molar-refractivity contribution in [1.29, 1.82) is 0 Å². The lowest BCUT2D eigenvalue weighted by Gasteiger charge is -2.17. The van der Waals surface area contributed by atoms with Gasteiger partial charge in [0.15, 0.2) is 0 Å². The van der Waals surface area contributed by atoms with Crippen LogP contribution in [0.4, 0.5) is 0 Å². The molecule has 0 unspecified atom stereocenters. The van der Waals surface area contributed by atoms with Crippen LogP contribution in [0, 0.1) is 0 Å². The number of nitrogens with one attached hydrogen (secondary N) is 1. The maximum atomic E-state index is 6.28. The first kappa shape index (κ1) is 19.0. The highest BCUT2D eigenvalue weighted by molar-refractivity contribution is 6.35. The van der Waals surface area contributed by atoms with Crippen molar-refractivity contribution in [3.63, 3.8) is 0 Å². The molecule has 3 aromatic rings. The maximum absolute atomic E-state index is 6.28. The van der Waals surface area contributed by atoms with Gasteiger partial charge in [-0.25, -0.2) is 0 Å². The molecule has 3 aromatic carbocycles. The van der Waals surface area contributed by atoms with Crippen molar-refractivity contribution in [2.24, 2.45) is 0 Å². The molecule has 0 radical (unpaired) electrons. The fourth-order valence-electron chi connectivity index (χ4n) is 2.85. The first-order valence-electron chi connectivity index (χ1n) is 8.89. The van der Waals surface area contributed by atoms with Crippen molar-refractivity contribution in [3.05, 3.63) is 75.8 Å². The van der Waals surface area contributed by atoms with E-state index >= 15 is 0 Å². The molecule has 0 bridgehead atoms. The normalized spacial score (nSPS) is 12.3. The Bertz CT molecular complexity index is 894. The van der Waals surface area contributed by atoms with E-state index in [1.807, 2.05) is 18.2 Å². The van der Waals surface area contributed by atoms with E-state index in [0.717, 1.165) is 24.3 Å². The summed E-state index contributed by atoms with van der Waals surface area (Å²) in [6.45, 7) is 5.55. The zero-order valence-electron chi connectivity index (χ0n) is 15.1. The zero-order valence-corrected chi connectivity index (χ0v) is 16.6. The molecule has 0 spiro atoms. The summed E-state index contributed by atoms with van der Waals surface area (Å²) in [5.74, 6) is 0.880. The molecule has 136 valence electrons. The van der Waals surface area contributed by atoms with Crippen molar-refractivity contribution in [2.45, 2.75) is 39.5 Å². The Labute approximate surface area is 165 Å². The van der Waals surface area contributed by atoms with E-state index in [2.05, 4.69) is 49.5 Å². The Morgan fingerprint density at radius 2 is 1.85 bits per heavy atom. The minimum Gasteiger partial charge on any atom is -0.488 e. The minimum absolute atomic E-state index is 0.407. The summed E-state index contributed by atoms with van der Waals surface area (Å²) < 4.78 is 6.15. The molecule has 0 aromatic heterocycles. The third-order valence-electron chi connectivity index (χ3n) is 4.64. The van der Waals surface area contributed by atoms with Gasteiger partial charge < -0.3 is 10.1 Å². The molecule has 1 N–H and O–H groups in total. The molecule has 0 fully saturated rings. The van der Waals surface area contributed by atoms with E-state index < -0.39 is 0 Å². The molecule has 26 heavy (non-hydrogen) atoms. The average Bonchev–Trinajstić information content (AvgIpc) is 2.65. The molecule has 0 amide bonds. The summed E-state index contributed by atoms with van der Waals surface area (Å²) in [5.41, 5.74) is 2.10. The summed E-state index contributed by atoms with van der Waals surface area (Å²) >= 11 is 12.3. The second-order valence-corrected chi connectivity index (χ2v) is 7.32. The van der Waals surface area contributed by atoms with E-state index in [4.69, 9.17) is 27.9 Å². The number of benzene rings is 3. The second kappa shape index (κ2) is 8.77. The van der Waals surface area contributed by atoms with Crippen LogP contribution in [0.2, 0.25) is 10.0 Å². The number of rotatable bonds is 7. The first-order chi connectivity index (χ1) is 12.6. The fourth-order valence-corrected chi connectivity index (χ4v) is 3.31. The standard InChI is InChI=1S/C22H23Cl2NO/c1-3-15(2)25-13-20-19-7-5-4-6-16(19)9-11-22(20)26-14-17-8-10-18(23)12-21(17)24/h4-12,15,25H,3,13-14H2,1-2H3/t15-/m1/s1. The Morgan fingerprint density at radius 1 is 1.04 bits per heavy atom. The Kier molecular flexibility index (Phi) is 6.42. The molecule has 0 aliphatic rings. The summed E-state index contributed by atoms with van der Waals surface area (Å²) in [7, 11) is 0. The molecule has 0 saturated carbocycles. The van der Waals surface area contributed by atoms with Crippen molar-refractivity contribution in [1.82, 2.24) is 5.32 Å². The van der Waals surface area contributed by atoms with E-state index in [0.29, 0.717) is 22.7 Å². The average molecular weight is 388 g/mol. The highest BCUT2D eigenvalue weighted by Gasteiger charge is 2.11. The van der Waals surface area contributed by atoms with Crippen LogP contribution in [-0.2, 0) is 13.2 Å². The Hall–Kier alpha value is -1.74. The van der Waals surface area contributed by atoms with Gasteiger partial charge in [0.05, 0.1) is 0 Å². The topological polar surface area (TPSA) is 21.3 Å². The van der Waals surface area contributed by atoms with Crippen LogP contribution >= 0.6 is 23.2 Å². The molecule has 1 atom stereocenters. The van der Waals surface area contributed by atoms with Crippen molar-refractivity contribution in [3.8, 4) is 5.75 Å². The van der Waals surface area contributed by atoms with E-state index in [-0.39, 0.29) is 0 Å². The molecule has 0 saturated heterocycles. The first-order valence-corrected chi connectivity index (χ1v) is 9.64. The van der Waals surface area contributed by atoms with Gasteiger partial charge in [0.1, 0.15) is 12.4 Å². The van der Waals surface area contributed by atoms with Gasteiger partial charge in [-0.05, 0) is 42.3 Å².